The predicted molar refractivity (Wildman–Crippen MR) is 77.3 cm³/mol. The van der Waals surface area contributed by atoms with Crippen molar-refractivity contribution in [3.05, 3.63) is 53.1 Å². The molecule has 5 nitrogen and oxygen atoms in total. The lowest BCUT2D eigenvalue weighted by Crippen LogP contribution is -2.22. The summed E-state index contributed by atoms with van der Waals surface area (Å²) < 4.78 is 0. The van der Waals surface area contributed by atoms with Crippen LogP contribution in [0.3, 0.4) is 0 Å². The van der Waals surface area contributed by atoms with Gasteiger partial charge in [-0.3, -0.25) is 0 Å². The Bertz CT molecular complexity index is 616. The normalized spacial score (nSPS) is 11.9. The number of carboxylic acid groups (broad SMARTS) is 1. The maximum Gasteiger partial charge on any atom is 0.373 e. The number of nitrogens with zero attached hydrogens (tertiary/aromatic N) is 3. The van der Waals surface area contributed by atoms with Crippen LogP contribution in [-0.4, -0.2) is 28.1 Å². The summed E-state index contributed by atoms with van der Waals surface area (Å²) in [5, 5.41) is 9.47. The van der Waals surface area contributed by atoms with Gasteiger partial charge >= 0.3 is 5.97 Å². The largest absolute Gasteiger partial charge is 0.475 e. The van der Waals surface area contributed by atoms with Crippen molar-refractivity contribution in [2.75, 3.05) is 11.9 Å². The number of aromatic nitrogens is 2. The number of carbonyl (C=O) groups is 1. The van der Waals surface area contributed by atoms with Crippen molar-refractivity contribution in [1.82, 2.24) is 9.97 Å². The average Bonchev–Trinajstić information content (AvgIpc) is 2.46. The minimum atomic E-state index is -1.14. The maximum absolute atomic E-state index is 10.7. The van der Waals surface area contributed by atoms with Crippen LogP contribution in [0, 0.1) is 0 Å². The molecule has 1 N–H and O–H groups in total. The topological polar surface area (TPSA) is 66.3 Å². The zero-order valence-corrected chi connectivity index (χ0v) is 11.9. The van der Waals surface area contributed by atoms with Crippen molar-refractivity contribution in [2.24, 2.45) is 0 Å². The quantitative estimate of drug-likeness (QED) is 0.938. The predicted octanol–water partition coefficient (Wildman–Crippen LogP) is 3.03. The van der Waals surface area contributed by atoms with Crippen LogP contribution in [0.25, 0.3) is 0 Å². The minimum absolute atomic E-state index is 0.0166. The Hall–Kier alpha value is -2.14. The van der Waals surface area contributed by atoms with Gasteiger partial charge in [-0.05, 0) is 18.6 Å². The zero-order chi connectivity index (χ0) is 14.7. The molecule has 0 radical (unpaired) electrons. The summed E-state index contributed by atoms with van der Waals surface area (Å²) >= 11 is 6.18. The zero-order valence-electron chi connectivity index (χ0n) is 11.1. The van der Waals surface area contributed by atoms with Gasteiger partial charge in [0.1, 0.15) is 0 Å². The molecule has 104 valence electrons. The van der Waals surface area contributed by atoms with Crippen LogP contribution in [0.15, 0.2) is 36.7 Å². The number of benzene rings is 1. The highest BCUT2D eigenvalue weighted by atomic mass is 35.5. The van der Waals surface area contributed by atoms with Gasteiger partial charge in [-0.25, -0.2) is 14.8 Å². The van der Waals surface area contributed by atoms with Crippen LogP contribution in [-0.2, 0) is 0 Å². The molecule has 1 atom stereocenters. The fraction of sp³-hybridized carbons (Fsp3) is 0.214. The number of aromatic carboxylic acids is 1. The molecule has 20 heavy (non-hydrogen) atoms. The molecule has 0 bridgehead atoms. The number of carboxylic acids is 1. The lowest BCUT2D eigenvalue weighted by atomic mass is 10.1. The molecule has 0 aliphatic carbocycles. The third kappa shape index (κ3) is 2.88. The molecule has 0 amide bonds. The van der Waals surface area contributed by atoms with E-state index < -0.39 is 5.97 Å². The highest BCUT2D eigenvalue weighted by molar-refractivity contribution is 6.31. The number of hydrogen-bond donors (Lipinski definition) is 1. The van der Waals surface area contributed by atoms with Crippen molar-refractivity contribution in [1.29, 1.82) is 0 Å². The van der Waals surface area contributed by atoms with Gasteiger partial charge in [0.25, 0.3) is 0 Å². The van der Waals surface area contributed by atoms with E-state index in [4.69, 9.17) is 16.7 Å². The lowest BCUT2D eigenvalue weighted by Gasteiger charge is -2.27. The number of anilines is 1. The molecule has 0 fully saturated rings. The first-order valence-corrected chi connectivity index (χ1v) is 6.41. The van der Waals surface area contributed by atoms with E-state index in [1.807, 2.05) is 43.1 Å². The molecule has 2 aromatic rings. The van der Waals surface area contributed by atoms with Crippen LogP contribution < -0.4 is 4.90 Å². The molecular weight excluding hydrogens is 278 g/mol. The standard InChI is InChI=1S/C14H14ClN3O2/c1-9(11-5-3-4-6-12(11)15)18(2)10-7-16-13(14(19)20)17-8-10/h3-9H,1-2H3,(H,19,20)/t9-/m0/s1. The second-order valence-electron chi connectivity index (χ2n) is 4.38. The summed E-state index contributed by atoms with van der Waals surface area (Å²) in [7, 11) is 1.88. The van der Waals surface area contributed by atoms with Crippen molar-refractivity contribution in [3.63, 3.8) is 0 Å². The Morgan fingerprint density at radius 3 is 2.45 bits per heavy atom. The average molecular weight is 292 g/mol. The minimum Gasteiger partial charge on any atom is -0.475 e. The first kappa shape index (κ1) is 14.3. The van der Waals surface area contributed by atoms with Crippen LogP contribution in [0.1, 0.15) is 29.1 Å². The molecule has 0 aliphatic heterocycles. The van der Waals surface area contributed by atoms with Crippen LogP contribution in [0.2, 0.25) is 5.02 Å². The molecule has 1 heterocycles. The third-order valence-corrected chi connectivity index (χ3v) is 3.52. The van der Waals surface area contributed by atoms with Gasteiger partial charge in [0.2, 0.25) is 5.82 Å². The van der Waals surface area contributed by atoms with E-state index in [9.17, 15) is 4.79 Å². The van der Waals surface area contributed by atoms with Crippen molar-refractivity contribution >= 4 is 23.3 Å². The maximum atomic E-state index is 10.7. The van der Waals surface area contributed by atoms with Gasteiger partial charge in [0.05, 0.1) is 24.1 Å². The Balaban J connectivity index is 2.24. The fourth-order valence-corrected chi connectivity index (χ4v) is 2.15. The van der Waals surface area contributed by atoms with E-state index >= 15 is 0 Å². The number of rotatable bonds is 4. The number of halogens is 1. The Morgan fingerprint density at radius 2 is 1.90 bits per heavy atom. The smallest absolute Gasteiger partial charge is 0.373 e. The summed E-state index contributed by atoms with van der Waals surface area (Å²) in [6.45, 7) is 2.01. The highest BCUT2D eigenvalue weighted by Gasteiger charge is 2.16. The third-order valence-electron chi connectivity index (χ3n) is 3.17. The first-order valence-electron chi connectivity index (χ1n) is 6.03. The number of hydrogen-bond acceptors (Lipinski definition) is 4. The van der Waals surface area contributed by atoms with Gasteiger partial charge in [-0.2, -0.15) is 0 Å². The molecule has 0 saturated heterocycles. The molecule has 0 saturated carbocycles. The fourth-order valence-electron chi connectivity index (χ4n) is 1.86. The molecule has 0 aliphatic rings. The molecular formula is C14H14ClN3O2. The monoisotopic (exact) mass is 291 g/mol. The van der Waals surface area contributed by atoms with Crippen molar-refractivity contribution in [2.45, 2.75) is 13.0 Å². The van der Waals surface area contributed by atoms with E-state index in [1.54, 1.807) is 0 Å². The summed E-state index contributed by atoms with van der Waals surface area (Å²) in [4.78, 5) is 20.3. The van der Waals surface area contributed by atoms with E-state index in [1.165, 1.54) is 12.4 Å². The van der Waals surface area contributed by atoms with Crippen molar-refractivity contribution in [3.8, 4) is 0 Å². The molecule has 1 aromatic heterocycles. The second-order valence-corrected chi connectivity index (χ2v) is 4.79. The van der Waals surface area contributed by atoms with Crippen LogP contribution >= 0.6 is 11.6 Å². The lowest BCUT2D eigenvalue weighted by molar-refractivity contribution is 0.0683. The van der Waals surface area contributed by atoms with E-state index in [-0.39, 0.29) is 11.9 Å². The first-order chi connectivity index (χ1) is 9.50. The molecule has 0 unspecified atom stereocenters. The highest BCUT2D eigenvalue weighted by Crippen LogP contribution is 2.29. The van der Waals surface area contributed by atoms with Crippen LogP contribution in [0.5, 0.6) is 0 Å². The molecule has 2 rings (SSSR count). The Morgan fingerprint density at radius 1 is 1.30 bits per heavy atom. The van der Waals surface area contributed by atoms with Gasteiger partial charge in [-0.15, -0.1) is 0 Å². The van der Waals surface area contributed by atoms with E-state index in [2.05, 4.69) is 9.97 Å². The van der Waals surface area contributed by atoms with Gasteiger partial charge in [0, 0.05) is 12.1 Å². The summed E-state index contributed by atoms with van der Waals surface area (Å²) in [6, 6.07) is 7.61. The second kappa shape index (κ2) is 5.88. The van der Waals surface area contributed by atoms with Crippen molar-refractivity contribution < 1.29 is 9.90 Å². The Kier molecular flexibility index (Phi) is 4.20. The van der Waals surface area contributed by atoms with Gasteiger partial charge < -0.3 is 10.0 Å². The molecule has 1 aromatic carbocycles. The van der Waals surface area contributed by atoms with E-state index in [0.717, 1.165) is 11.3 Å². The van der Waals surface area contributed by atoms with Crippen LogP contribution in [0.4, 0.5) is 5.69 Å². The Labute approximate surface area is 121 Å². The SMILES string of the molecule is C[C@@H](c1ccccc1Cl)N(C)c1cnc(C(=O)O)nc1. The molecule has 6 heteroatoms. The van der Waals surface area contributed by atoms with Gasteiger partial charge in [-0.1, -0.05) is 29.8 Å². The summed E-state index contributed by atoms with van der Waals surface area (Å²) in [5.74, 6) is -1.36. The summed E-state index contributed by atoms with van der Waals surface area (Å²) in [6.07, 6.45) is 2.98. The molecule has 0 spiro atoms. The van der Waals surface area contributed by atoms with Gasteiger partial charge in [0.15, 0.2) is 0 Å². The van der Waals surface area contributed by atoms with E-state index in [0.29, 0.717) is 5.02 Å². The summed E-state index contributed by atoms with van der Waals surface area (Å²) in [5.41, 5.74) is 1.71.